The fourth-order valence-corrected chi connectivity index (χ4v) is 4.65. The van der Waals surface area contributed by atoms with Crippen LogP contribution in [0.4, 0.5) is 0 Å². The van der Waals surface area contributed by atoms with Crippen LogP contribution in [0, 0.1) is 6.92 Å². The van der Waals surface area contributed by atoms with E-state index in [0.717, 1.165) is 46.4 Å². The van der Waals surface area contributed by atoms with Crippen molar-refractivity contribution >= 4 is 21.9 Å². The molecule has 154 valence electrons. The van der Waals surface area contributed by atoms with E-state index in [1.165, 1.54) is 37.1 Å². The number of hydrogen-bond donors (Lipinski definition) is 2. The van der Waals surface area contributed by atoms with Crippen LogP contribution in [-0.4, -0.2) is 53.1 Å². The van der Waals surface area contributed by atoms with Gasteiger partial charge in [-0.25, -0.2) is 4.98 Å². The van der Waals surface area contributed by atoms with Gasteiger partial charge in [0.2, 0.25) is 0 Å². The van der Waals surface area contributed by atoms with Gasteiger partial charge in [-0.3, -0.25) is 4.98 Å². The first-order valence-electron chi connectivity index (χ1n) is 10.9. The molecule has 1 aliphatic heterocycles. The summed E-state index contributed by atoms with van der Waals surface area (Å²) < 4.78 is 0. The lowest BCUT2D eigenvalue weighted by atomic mass is 9.88. The smallest absolute Gasteiger partial charge is 0.140 e. The van der Waals surface area contributed by atoms with Crippen molar-refractivity contribution in [1.82, 2.24) is 25.2 Å². The number of imidazole rings is 1. The largest absolute Gasteiger partial charge is 0.338 e. The van der Waals surface area contributed by atoms with E-state index in [4.69, 9.17) is 4.98 Å². The summed E-state index contributed by atoms with van der Waals surface area (Å²) in [5, 5.41) is 4.39. The lowest BCUT2D eigenvalue weighted by Gasteiger charge is -2.32. The molecule has 0 saturated carbocycles. The molecule has 0 unspecified atom stereocenters. The van der Waals surface area contributed by atoms with Crippen LogP contribution in [0.3, 0.4) is 0 Å². The van der Waals surface area contributed by atoms with E-state index < -0.39 is 0 Å². The fourth-order valence-electron chi connectivity index (χ4n) is 4.65. The predicted octanol–water partition coefficient (Wildman–Crippen LogP) is 4.49. The standard InChI is InChI=1S/C25H29N5/c1-17-13-20(18-7-10-30(11-8-18)12-9-26-2)15-23-24(17)29-25(28-23)21-14-19-5-3-4-6-22(19)27-16-21/h3-6,13-16,18,26H,7-12H2,1-2H3,(H,28,29). The highest BCUT2D eigenvalue weighted by Gasteiger charge is 2.21. The monoisotopic (exact) mass is 399 g/mol. The molecule has 0 aliphatic carbocycles. The number of fused-ring (bicyclic) bond motifs is 2. The minimum atomic E-state index is 0.632. The van der Waals surface area contributed by atoms with Crippen molar-refractivity contribution in [2.45, 2.75) is 25.7 Å². The van der Waals surface area contributed by atoms with Gasteiger partial charge in [0.05, 0.1) is 16.6 Å². The Kier molecular flexibility index (Phi) is 5.23. The SMILES string of the molecule is CNCCN1CCC(c2cc(C)c3nc(-c4cnc5ccccc5c4)[nH]c3c2)CC1. The number of benzene rings is 2. The summed E-state index contributed by atoms with van der Waals surface area (Å²) in [6.07, 6.45) is 4.37. The third-order valence-corrected chi connectivity index (χ3v) is 6.40. The van der Waals surface area contributed by atoms with Gasteiger partial charge in [0.25, 0.3) is 0 Å². The Morgan fingerprint density at radius 1 is 1.13 bits per heavy atom. The number of pyridine rings is 1. The van der Waals surface area contributed by atoms with Gasteiger partial charge < -0.3 is 15.2 Å². The van der Waals surface area contributed by atoms with Gasteiger partial charge in [0.1, 0.15) is 5.82 Å². The van der Waals surface area contributed by atoms with Crippen LogP contribution in [0.5, 0.6) is 0 Å². The zero-order valence-corrected chi connectivity index (χ0v) is 17.8. The average molecular weight is 400 g/mol. The highest BCUT2D eigenvalue weighted by Crippen LogP contribution is 2.32. The van der Waals surface area contributed by atoms with Crippen LogP contribution >= 0.6 is 0 Å². The summed E-state index contributed by atoms with van der Waals surface area (Å²) in [6.45, 7) is 6.75. The minimum absolute atomic E-state index is 0.632. The Morgan fingerprint density at radius 3 is 2.80 bits per heavy atom. The topological polar surface area (TPSA) is 56.8 Å². The Labute approximate surface area is 177 Å². The summed E-state index contributed by atoms with van der Waals surface area (Å²) in [5.41, 5.74) is 6.93. The Bertz CT molecular complexity index is 1170. The van der Waals surface area contributed by atoms with E-state index >= 15 is 0 Å². The quantitative estimate of drug-likeness (QED) is 0.519. The normalized spacial score (nSPS) is 15.9. The molecule has 0 bridgehead atoms. The third kappa shape index (κ3) is 3.71. The number of aryl methyl sites for hydroxylation is 1. The number of likely N-dealkylation sites (tertiary alicyclic amines) is 1. The number of aromatic nitrogens is 3. The maximum absolute atomic E-state index is 4.91. The van der Waals surface area contributed by atoms with Crippen LogP contribution in [0.1, 0.15) is 29.9 Å². The summed E-state index contributed by atoms with van der Waals surface area (Å²) in [6, 6.07) is 15.0. The zero-order valence-electron chi connectivity index (χ0n) is 17.8. The van der Waals surface area contributed by atoms with Crippen LogP contribution < -0.4 is 5.32 Å². The number of rotatable bonds is 5. The van der Waals surface area contributed by atoms with Crippen molar-refractivity contribution in [1.29, 1.82) is 0 Å². The highest BCUT2D eigenvalue weighted by atomic mass is 15.1. The summed E-state index contributed by atoms with van der Waals surface area (Å²) in [7, 11) is 2.03. The molecule has 2 aromatic heterocycles. The van der Waals surface area contributed by atoms with Crippen molar-refractivity contribution in [2.24, 2.45) is 0 Å². The van der Waals surface area contributed by atoms with Gasteiger partial charge in [0.15, 0.2) is 0 Å². The molecule has 1 fully saturated rings. The Hall–Kier alpha value is -2.76. The number of para-hydroxylation sites is 1. The lowest BCUT2D eigenvalue weighted by molar-refractivity contribution is 0.214. The molecule has 5 nitrogen and oxygen atoms in total. The number of piperidine rings is 1. The second kappa shape index (κ2) is 8.17. The molecule has 0 spiro atoms. The first-order valence-corrected chi connectivity index (χ1v) is 10.9. The van der Waals surface area contributed by atoms with E-state index in [0.29, 0.717) is 5.92 Å². The molecule has 3 heterocycles. The number of nitrogens with one attached hydrogen (secondary N) is 2. The Morgan fingerprint density at radius 2 is 1.97 bits per heavy atom. The average Bonchev–Trinajstić information content (AvgIpc) is 3.23. The van der Waals surface area contributed by atoms with E-state index in [1.54, 1.807) is 0 Å². The van der Waals surface area contributed by atoms with Crippen molar-refractivity contribution in [2.75, 3.05) is 33.2 Å². The molecule has 2 aromatic carbocycles. The van der Waals surface area contributed by atoms with E-state index in [2.05, 4.69) is 51.4 Å². The van der Waals surface area contributed by atoms with Crippen LogP contribution in [0.2, 0.25) is 0 Å². The van der Waals surface area contributed by atoms with Gasteiger partial charge in [-0.05, 0) is 75.1 Å². The van der Waals surface area contributed by atoms with Crippen molar-refractivity contribution < 1.29 is 0 Å². The number of nitrogens with zero attached hydrogens (tertiary/aromatic N) is 3. The molecule has 0 amide bonds. The molecule has 1 saturated heterocycles. The number of likely N-dealkylation sites (N-methyl/N-ethyl adjacent to an activating group) is 1. The second-order valence-electron chi connectivity index (χ2n) is 8.46. The summed E-state index contributed by atoms with van der Waals surface area (Å²) >= 11 is 0. The predicted molar refractivity (Wildman–Crippen MR) is 124 cm³/mol. The zero-order chi connectivity index (χ0) is 20.5. The van der Waals surface area contributed by atoms with Crippen LogP contribution in [0.15, 0.2) is 48.7 Å². The summed E-state index contributed by atoms with van der Waals surface area (Å²) in [4.78, 5) is 15.6. The van der Waals surface area contributed by atoms with Gasteiger partial charge in [0, 0.05) is 30.2 Å². The van der Waals surface area contributed by atoms with Gasteiger partial charge in [-0.1, -0.05) is 24.3 Å². The molecule has 30 heavy (non-hydrogen) atoms. The highest BCUT2D eigenvalue weighted by molar-refractivity contribution is 5.86. The van der Waals surface area contributed by atoms with E-state index in [9.17, 15) is 0 Å². The molecule has 2 N–H and O–H groups in total. The van der Waals surface area contributed by atoms with Gasteiger partial charge >= 0.3 is 0 Å². The second-order valence-corrected chi connectivity index (χ2v) is 8.46. The van der Waals surface area contributed by atoms with Crippen molar-refractivity contribution in [3.8, 4) is 11.4 Å². The molecule has 1 aliphatic rings. The van der Waals surface area contributed by atoms with Gasteiger partial charge in [-0.2, -0.15) is 0 Å². The molecular weight excluding hydrogens is 370 g/mol. The van der Waals surface area contributed by atoms with Gasteiger partial charge in [-0.15, -0.1) is 0 Å². The maximum atomic E-state index is 4.91. The fraction of sp³-hybridized carbons (Fsp3) is 0.360. The van der Waals surface area contributed by atoms with Crippen molar-refractivity contribution in [3.63, 3.8) is 0 Å². The van der Waals surface area contributed by atoms with E-state index in [-0.39, 0.29) is 0 Å². The minimum Gasteiger partial charge on any atom is -0.338 e. The molecule has 0 radical (unpaired) electrons. The molecule has 5 rings (SSSR count). The number of aromatic amines is 1. The first-order chi connectivity index (χ1) is 14.7. The number of hydrogen-bond acceptors (Lipinski definition) is 4. The van der Waals surface area contributed by atoms with Crippen molar-refractivity contribution in [3.05, 3.63) is 59.8 Å². The summed E-state index contributed by atoms with van der Waals surface area (Å²) in [5.74, 6) is 1.53. The number of H-pyrrole nitrogens is 1. The van der Waals surface area contributed by atoms with E-state index in [1.807, 2.05) is 31.4 Å². The van der Waals surface area contributed by atoms with Crippen LogP contribution in [-0.2, 0) is 0 Å². The molecular formula is C25H29N5. The van der Waals surface area contributed by atoms with Crippen LogP contribution in [0.25, 0.3) is 33.3 Å². The first kappa shape index (κ1) is 19.2. The Balaban J connectivity index is 1.42. The molecule has 4 aromatic rings. The lowest BCUT2D eigenvalue weighted by Crippen LogP contribution is -2.37. The maximum Gasteiger partial charge on any atom is 0.140 e. The molecule has 5 heteroatoms. The third-order valence-electron chi connectivity index (χ3n) is 6.40. The molecule has 0 atom stereocenters.